The summed E-state index contributed by atoms with van der Waals surface area (Å²) in [5.74, 6) is -0.148. The standard InChI is InChI=1S/C17H28O3/c1-3-4-5-7-10-13-16(18)14-11-8-6-9-12-15-17(19)20-2/h5,7-8,10-11,13,16,18H,3-4,6,9,12,14-15H2,1-2H3. The lowest BCUT2D eigenvalue weighted by Gasteiger charge is -2.00. The maximum absolute atomic E-state index is 10.9. The van der Waals surface area contributed by atoms with Gasteiger partial charge < -0.3 is 9.84 Å². The Labute approximate surface area is 123 Å². The van der Waals surface area contributed by atoms with Crippen LogP contribution in [0.3, 0.4) is 0 Å². The SMILES string of the molecule is CCCC=CC=CC(O)CC=CCCCCC(=O)OC. The van der Waals surface area contributed by atoms with Crippen LogP contribution in [-0.4, -0.2) is 24.3 Å². The minimum absolute atomic E-state index is 0.148. The fourth-order valence-corrected chi connectivity index (χ4v) is 1.60. The zero-order valence-corrected chi connectivity index (χ0v) is 12.8. The van der Waals surface area contributed by atoms with E-state index < -0.39 is 6.10 Å². The zero-order chi connectivity index (χ0) is 15.1. The number of hydrogen-bond acceptors (Lipinski definition) is 3. The molecule has 0 amide bonds. The van der Waals surface area contributed by atoms with Gasteiger partial charge in [-0.3, -0.25) is 4.79 Å². The predicted octanol–water partition coefficient (Wildman–Crippen LogP) is 3.94. The van der Waals surface area contributed by atoms with Crippen molar-refractivity contribution in [3.8, 4) is 0 Å². The van der Waals surface area contributed by atoms with E-state index in [4.69, 9.17) is 0 Å². The van der Waals surface area contributed by atoms with Gasteiger partial charge in [0.2, 0.25) is 0 Å². The Morgan fingerprint density at radius 3 is 2.65 bits per heavy atom. The average Bonchev–Trinajstić information content (AvgIpc) is 2.45. The summed E-state index contributed by atoms with van der Waals surface area (Å²) in [6.45, 7) is 2.14. The lowest BCUT2D eigenvalue weighted by molar-refractivity contribution is -0.140. The molecule has 3 nitrogen and oxygen atoms in total. The summed E-state index contributed by atoms with van der Waals surface area (Å²) in [7, 11) is 1.41. The molecule has 1 atom stereocenters. The predicted molar refractivity (Wildman–Crippen MR) is 83.4 cm³/mol. The van der Waals surface area contributed by atoms with E-state index in [0.717, 1.165) is 32.1 Å². The maximum Gasteiger partial charge on any atom is 0.305 e. The normalized spacial score (nSPS) is 13.6. The molecule has 0 aromatic rings. The summed E-state index contributed by atoms with van der Waals surface area (Å²) in [5.41, 5.74) is 0. The highest BCUT2D eigenvalue weighted by molar-refractivity contribution is 5.68. The van der Waals surface area contributed by atoms with Gasteiger partial charge in [0, 0.05) is 6.42 Å². The average molecular weight is 280 g/mol. The number of unbranched alkanes of at least 4 members (excludes halogenated alkanes) is 3. The number of methoxy groups -OCH3 is 1. The summed E-state index contributed by atoms with van der Waals surface area (Å²) < 4.78 is 4.57. The maximum atomic E-state index is 10.9. The molecule has 0 fully saturated rings. The summed E-state index contributed by atoms with van der Waals surface area (Å²) in [5, 5.41) is 9.68. The monoisotopic (exact) mass is 280 g/mol. The van der Waals surface area contributed by atoms with E-state index in [-0.39, 0.29) is 5.97 Å². The third-order valence-corrected chi connectivity index (χ3v) is 2.81. The number of allylic oxidation sites excluding steroid dienone is 4. The topological polar surface area (TPSA) is 46.5 Å². The van der Waals surface area contributed by atoms with Crippen LogP contribution in [0.2, 0.25) is 0 Å². The largest absolute Gasteiger partial charge is 0.469 e. The minimum atomic E-state index is -0.424. The molecule has 0 rings (SSSR count). The van der Waals surface area contributed by atoms with Gasteiger partial charge in [-0.05, 0) is 32.1 Å². The van der Waals surface area contributed by atoms with Crippen LogP contribution >= 0.6 is 0 Å². The van der Waals surface area contributed by atoms with Gasteiger partial charge in [0.15, 0.2) is 0 Å². The van der Waals surface area contributed by atoms with E-state index >= 15 is 0 Å². The van der Waals surface area contributed by atoms with Crippen molar-refractivity contribution in [2.75, 3.05) is 7.11 Å². The van der Waals surface area contributed by atoms with Crippen molar-refractivity contribution < 1.29 is 14.6 Å². The molecule has 0 spiro atoms. The smallest absolute Gasteiger partial charge is 0.305 e. The van der Waals surface area contributed by atoms with Gasteiger partial charge in [0.25, 0.3) is 0 Å². The minimum Gasteiger partial charge on any atom is -0.469 e. The lowest BCUT2D eigenvalue weighted by atomic mass is 10.1. The van der Waals surface area contributed by atoms with Gasteiger partial charge in [-0.1, -0.05) is 49.8 Å². The number of carbonyl (C=O) groups excluding carboxylic acids is 1. The molecule has 20 heavy (non-hydrogen) atoms. The molecule has 0 bridgehead atoms. The van der Waals surface area contributed by atoms with E-state index in [9.17, 15) is 9.90 Å². The van der Waals surface area contributed by atoms with Gasteiger partial charge in [-0.25, -0.2) is 0 Å². The number of aliphatic hydroxyl groups excluding tert-OH is 1. The summed E-state index contributed by atoms with van der Waals surface area (Å²) in [6, 6.07) is 0. The van der Waals surface area contributed by atoms with Crippen LogP contribution in [0.15, 0.2) is 36.5 Å². The molecule has 0 aromatic heterocycles. The molecule has 1 unspecified atom stereocenters. The first-order valence-corrected chi connectivity index (χ1v) is 7.44. The number of ether oxygens (including phenoxy) is 1. The molecule has 0 radical (unpaired) electrons. The molecular formula is C17H28O3. The lowest BCUT2D eigenvalue weighted by Crippen LogP contribution is -1.99. The Balaban J connectivity index is 3.56. The van der Waals surface area contributed by atoms with E-state index in [1.807, 2.05) is 18.2 Å². The quantitative estimate of drug-likeness (QED) is 0.270. The fourth-order valence-electron chi connectivity index (χ4n) is 1.60. The van der Waals surface area contributed by atoms with Gasteiger partial charge >= 0.3 is 5.97 Å². The van der Waals surface area contributed by atoms with Crippen molar-refractivity contribution >= 4 is 5.97 Å². The number of rotatable bonds is 11. The Morgan fingerprint density at radius 1 is 1.15 bits per heavy atom. The molecule has 0 saturated carbocycles. The molecule has 0 heterocycles. The number of esters is 1. The van der Waals surface area contributed by atoms with Gasteiger partial charge in [0.05, 0.1) is 13.2 Å². The summed E-state index contributed by atoms with van der Waals surface area (Å²) in [4.78, 5) is 10.9. The highest BCUT2D eigenvalue weighted by Gasteiger charge is 1.98. The van der Waals surface area contributed by atoms with Crippen LogP contribution in [0.1, 0.15) is 51.9 Å². The molecule has 0 saturated heterocycles. The Kier molecular flexibility index (Phi) is 13.1. The van der Waals surface area contributed by atoms with Crippen molar-refractivity contribution in [2.45, 2.75) is 58.0 Å². The molecule has 3 heteroatoms. The second-order valence-corrected chi connectivity index (χ2v) is 4.70. The van der Waals surface area contributed by atoms with Crippen molar-refractivity contribution in [2.24, 2.45) is 0 Å². The van der Waals surface area contributed by atoms with Crippen molar-refractivity contribution in [3.05, 3.63) is 36.5 Å². The second kappa shape index (κ2) is 14.1. The first-order chi connectivity index (χ1) is 9.70. The number of carbonyl (C=O) groups is 1. The highest BCUT2D eigenvalue weighted by Crippen LogP contribution is 2.03. The summed E-state index contributed by atoms with van der Waals surface area (Å²) >= 11 is 0. The van der Waals surface area contributed by atoms with E-state index in [1.54, 1.807) is 6.08 Å². The third kappa shape index (κ3) is 13.1. The highest BCUT2D eigenvalue weighted by atomic mass is 16.5. The van der Waals surface area contributed by atoms with E-state index in [0.29, 0.717) is 12.8 Å². The van der Waals surface area contributed by atoms with Crippen LogP contribution in [0.4, 0.5) is 0 Å². The van der Waals surface area contributed by atoms with E-state index in [1.165, 1.54) is 7.11 Å². The van der Waals surface area contributed by atoms with Crippen LogP contribution < -0.4 is 0 Å². The van der Waals surface area contributed by atoms with Gasteiger partial charge in [-0.15, -0.1) is 0 Å². The van der Waals surface area contributed by atoms with Crippen LogP contribution in [0, 0.1) is 0 Å². The molecule has 0 aliphatic carbocycles. The molecule has 114 valence electrons. The van der Waals surface area contributed by atoms with Gasteiger partial charge in [0.1, 0.15) is 0 Å². The Morgan fingerprint density at radius 2 is 1.95 bits per heavy atom. The van der Waals surface area contributed by atoms with Crippen LogP contribution in [-0.2, 0) is 9.53 Å². The first kappa shape index (κ1) is 18.7. The fraction of sp³-hybridized carbons (Fsp3) is 0.588. The van der Waals surface area contributed by atoms with Crippen LogP contribution in [0.25, 0.3) is 0 Å². The third-order valence-electron chi connectivity index (χ3n) is 2.81. The second-order valence-electron chi connectivity index (χ2n) is 4.70. The molecular weight excluding hydrogens is 252 g/mol. The van der Waals surface area contributed by atoms with Crippen molar-refractivity contribution in [1.82, 2.24) is 0 Å². The van der Waals surface area contributed by atoms with E-state index in [2.05, 4.69) is 23.8 Å². The molecule has 0 aliphatic rings. The van der Waals surface area contributed by atoms with Crippen molar-refractivity contribution in [1.29, 1.82) is 0 Å². The van der Waals surface area contributed by atoms with Gasteiger partial charge in [-0.2, -0.15) is 0 Å². The van der Waals surface area contributed by atoms with Crippen LogP contribution in [0.5, 0.6) is 0 Å². The zero-order valence-electron chi connectivity index (χ0n) is 12.8. The van der Waals surface area contributed by atoms with Crippen molar-refractivity contribution in [3.63, 3.8) is 0 Å². The number of aliphatic hydroxyl groups is 1. The number of hydrogen-bond donors (Lipinski definition) is 1. The first-order valence-electron chi connectivity index (χ1n) is 7.44. The Bertz CT molecular complexity index is 316. The molecule has 0 aromatic carbocycles. The molecule has 0 aliphatic heterocycles. The molecule has 1 N–H and O–H groups in total. The Hall–Kier alpha value is -1.35. The summed E-state index contributed by atoms with van der Waals surface area (Å²) in [6.07, 6.45) is 17.5.